The molecule has 0 aliphatic rings. The van der Waals surface area contributed by atoms with Crippen molar-refractivity contribution >= 4 is 17.9 Å². The van der Waals surface area contributed by atoms with Crippen molar-refractivity contribution in [3.05, 3.63) is 34.9 Å². The number of carboxylic acids is 3. The van der Waals surface area contributed by atoms with Gasteiger partial charge >= 0.3 is 17.9 Å². The monoisotopic (exact) mass is 410 g/mol. The Morgan fingerprint density at radius 1 is 0.655 bits per heavy atom. The number of aliphatic hydroxyl groups excluding tert-OH is 1. The van der Waals surface area contributed by atoms with Crippen molar-refractivity contribution in [2.75, 3.05) is 6.61 Å². The van der Waals surface area contributed by atoms with Crippen LogP contribution in [0, 0.1) is 0 Å². The molecule has 0 aliphatic heterocycles. The molecule has 29 heavy (non-hydrogen) atoms. The Kier molecular flexibility index (Phi) is 15.2. The number of carboxylic acid groups (broad SMARTS) is 3. The zero-order valence-corrected chi connectivity index (χ0v) is 17.2. The standard InChI is InChI=1S/C13H28O.C9H6O6/c1-2-3-4-5-6-7-8-9-10-11-12-13-14;10-7(11)4-1-2-5(8(12)13)6(3-4)9(14)15/h14H,2-13H2,1H3;1-3H,(H,10,11)(H,12,13)(H,14,15). The number of hydrogen-bond donors (Lipinski definition) is 4. The Morgan fingerprint density at radius 3 is 1.48 bits per heavy atom. The Bertz CT molecular complexity index is 614. The zero-order valence-electron chi connectivity index (χ0n) is 17.2. The molecule has 0 fully saturated rings. The van der Waals surface area contributed by atoms with Crippen LogP contribution in [0.15, 0.2) is 18.2 Å². The number of hydrogen-bond acceptors (Lipinski definition) is 4. The molecule has 0 saturated heterocycles. The molecule has 0 bridgehead atoms. The molecule has 1 aromatic rings. The fraction of sp³-hybridized carbons (Fsp3) is 0.591. The van der Waals surface area contributed by atoms with E-state index in [1.807, 2.05) is 0 Å². The number of rotatable bonds is 14. The smallest absolute Gasteiger partial charge is 0.336 e. The first-order chi connectivity index (χ1) is 13.8. The van der Waals surface area contributed by atoms with Gasteiger partial charge in [-0.05, 0) is 24.6 Å². The first-order valence-electron chi connectivity index (χ1n) is 10.3. The average Bonchev–Trinajstić information content (AvgIpc) is 2.69. The van der Waals surface area contributed by atoms with Crippen molar-refractivity contribution in [2.24, 2.45) is 0 Å². The van der Waals surface area contributed by atoms with Crippen LogP contribution in [0.25, 0.3) is 0 Å². The van der Waals surface area contributed by atoms with Crippen LogP contribution in [0.1, 0.15) is 109 Å². The predicted molar refractivity (Wildman–Crippen MR) is 111 cm³/mol. The van der Waals surface area contributed by atoms with Crippen LogP contribution in [0.5, 0.6) is 0 Å². The number of aliphatic hydroxyl groups is 1. The largest absolute Gasteiger partial charge is 0.478 e. The van der Waals surface area contributed by atoms with Crippen molar-refractivity contribution < 1.29 is 34.8 Å². The molecule has 7 heteroatoms. The van der Waals surface area contributed by atoms with Crippen LogP contribution in [0.2, 0.25) is 0 Å². The van der Waals surface area contributed by atoms with Crippen molar-refractivity contribution in [1.29, 1.82) is 0 Å². The molecule has 0 saturated carbocycles. The van der Waals surface area contributed by atoms with Crippen LogP contribution in [0.3, 0.4) is 0 Å². The van der Waals surface area contributed by atoms with E-state index < -0.39 is 29.0 Å². The fourth-order valence-electron chi connectivity index (χ4n) is 2.82. The summed E-state index contributed by atoms with van der Waals surface area (Å²) in [4.78, 5) is 31.8. The van der Waals surface area contributed by atoms with Gasteiger partial charge in [-0.1, -0.05) is 71.1 Å². The molecule has 0 spiro atoms. The molecule has 1 rings (SSSR count). The molecule has 0 unspecified atom stereocenters. The van der Waals surface area contributed by atoms with Crippen LogP contribution in [0.4, 0.5) is 0 Å². The van der Waals surface area contributed by atoms with Gasteiger partial charge < -0.3 is 20.4 Å². The second kappa shape index (κ2) is 16.5. The molecule has 0 aromatic heterocycles. The van der Waals surface area contributed by atoms with Crippen LogP contribution >= 0.6 is 0 Å². The lowest BCUT2D eigenvalue weighted by molar-refractivity contribution is 0.0649. The third-order valence-corrected chi connectivity index (χ3v) is 4.49. The summed E-state index contributed by atoms with van der Waals surface area (Å²) in [5.41, 5.74) is -1.24. The lowest BCUT2D eigenvalue weighted by Crippen LogP contribution is -2.10. The van der Waals surface area contributed by atoms with E-state index in [1.165, 1.54) is 64.2 Å². The second-order valence-corrected chi connectivity index (χ2v) is 6.93. The van der Waals surface area contributed by atoms with E-state index in [0.717, 1.165) is 24.6 Å². The first kappa shape index (κ1) is 26.6. The first-order valence-corrected chi connectivity index (χ1v) is 10.3. The Labute approximate surface area is 172 Å². The van der Waals surface area contributed by atoms with Gasteiger partial charge in [0.25, 0.3) is 0 Å². The van der Waals surface area contributed by atoms with E-state index in [4.69, 9.17) is 20.4 Å². The van der Waals surface area contributed by atoms with E-state index in [9.17, 15) is 14.4 Å². The minimum atomic E-state index is -1.48. The molecular weight excluding hydrogens is 376 g/mol. The second-order valence-electron chi connectivity index (χ2n) is 6.93. The average molecular weight is 411 g/mol. The highest BCUT2D eigenvalue weighted by atomic mass is 16.4. The molecule has 7 nitrogen and oxygen atoms in total. The number of carbonyl (C=O) groups is 3. The number of unbranched alkanes of at least 4 members (excludes halogenated alkanes) is 10. The van der Waals surface area contributed by atoms with Crippen molar-refractivity contribution in [2.45, 2.75) is 77.6 Å². The SMILES string of the molecule is CCCCCCCCCCCCCO.O=C(O)c1ccc(C(=O)O)c(C(=O)O)c1. The molecule has 4 N–H and O–H groups in total. The van der Waals surface area contributed by atoms with Gasteiger partial charge in [-0.2, -0.15) is 0 Å². The van der Waals surface area contributed by atoms with Gasteiger partial charge in [-0.3, -0.25) is 0 Å². The lowest BCUT2D eigenvalue weighted by Gasteiger charge is -2.02. The highest BCUT2D eigenvalue weighted by Gasteiger charge is 2.17. The van der Waals surface area contributed by atoms with Gasteiger partial charge in [0, 0.05) is 6.61 Å². The molecule has 1 aromatic carbocycles. The van der Waals surface area contributed by atoms with Gasteiger partial charge in [0.15, 0.2) is 0 Å². The highest BCUT2D eigenvalue weighted by molar-refractivity contribution is 6.03. The summed E-state index contributed by atoms with van der Waals surface area (Å²) in [5, 5.41) is 34.5. The summed E-state index contributed by atoms with van der Waals surface area (Å²) in [6.07, 6.45) is 14.8. The van der Waals surface area contributed by atoms with Gasteiger partial charge in [0.05, 0.1) is 16.7 Å². The van der Waals surface area contributed by atoms with Gasteiger partial charge in [0.2, 0.25) is 0 Å². The molecule has 0 aliphatic carbocycles. The summed E-state index contributed by atoms with van der Waals surface area (Å²) in [6.45, 7) is 2.64. The fourth-order valence-corrected chi connectivity index (χ4v) is 2.82. The molecule has 0 atom stereocenters. The van der Waals surface area contributed by atoms with E-state index in [2.05, 4.69) is 6.92 Å². The van der Waals surface area contributed by atoms with Crippen LogP contribution < -0.4 is 0 Å². The topological polar surface area (TPSA) is 132 Å². The summed E-state index contributed by atoms with van der Waals surface area (Å²) in [6, 6.07) is 2.81. The summed E-state index contributed by atoms with van der Waals surface area (Å²) >= 11 is 0. The summed E-state index contributed by atoms with van der Waals surface area (Å²) in [7, 11) is 0. The normalized spacial score (nSPS) is 10.1. The van der Waals surface area contributed by atoms with Crippen LogP contribution in [-0.4, -0.2) is 44.9 Å². The maximum atomic E-state index is 10.6. The number of aromatic carboxylic acids is 3. The molecular formula is C22H34O7. The van der Waals surface area contributed by atoms with Gasteiger partial charge in [-0.15, -0.1) is 0 Å². The highest BCUT2D eigenvalue weighted by Crippen LogP contribution is 2.13. The van der Waals surface area contributed by atoms with Crippen LogP contribution in [-0.2, 0) is 0 Å². The minimum Gasteiger partial charge on any atom is -0.478 e. The van der Waals surface area contributed by atoms with Gasteiger partial charge in [-0.25, -0.2) is 14.4 Å². The molecule has 164 valence electrons. The predicted octanol–water partition coefficient (Wildman–Crippen LogP) is 5.07. The van der Waals surface area contributed by atoms with Crippen molar-refractivity contribution in [3.63, 3.8) is 0 Å². The number of benzene rings is 1. The minimum absolute atomic E-state index is 0.266. The summed E-state index contributed by atoms with van der Waals surface area (Å²) in [5.74, 6) is -4.20. The Hall–Kier alpha value is -2.41. The van der Waals surface area contributed by atoms with E-state index >= 15 is 0 Å². The maximum Gasteiger partial charge on any atom is 0.336 e. The van der Waals surface area contributed by atoms with Gasteiger partial charge in [0.1, 0.15) is 0 Å². The molecule has 0 radical (unpaired) electrons. The summed E-state index contributed by atoms with van der Waals surface area (Å²) < 4.78 is 0. The van der Waals surface area contributed by atoms with E-state index in [0.29, 0.717) is 6.61 Å². The Morgan fingerprint density at radius 2 is 1.10 bits per heavy atom. The molecule has 0 amide bonds. The van der Waals surface area contributed by atoms with E-state index in [1.54, 1.807) is 0 Å². The third kappa shape index (κ3) is 12.6. The third-order valence-electron chi connectivity index (χ3n) is 4.49. The Balaban J connectivity index is 0.000000543. The zero-order chi connectivity index (χ0) is 22.1. The van der Waals surface area contributed by atoms with Crippen molar-refractivity contribution in [3.8, 4) is 0 Å². The van der Waals surface area contributed by atoms with E-state index in [-0.39, 0.29) is 5.56 Å². The van der Waals surface area contributed by atoms with Crippen molar-refractivity contribution in [1.82, 2.24) is 0 Å². The quantitative estimate of drug-likeness (QED) is 0.315. The maximum absolute atomic E-state index is 10.6. The molecule has 0 heterocycles. The lowest BCUT2D eigenvalue weighted by atomic mass is 10.0.